The third-order valence-electron chi connectivity index (χ3n) is 5.96. The van der Waals surface area contributed by atoms with Crippen LogP contribution in [0.15, 0.2) is 72.8 Å². The molecule has 1 saturated heterocycles. The second kappa shape index (κ2) is 8.10. The lowest BCUT2D eigenvalue weighted by Crippen LogP contribution is -2.37. The van der Waals surface area contributed by atoms with E-state index in [1.807, 2.05) is 24.3 Å². The minimum atomic E-state index is 0.00878. The number of amides is 1. The fraction of sp³-hybridized carbons (Fsp3) is 0.375. The molecule has 0 radical (unpaired) electrons. The van der Waals surface area contributed by atoms with E-state index in [0.29, 0.717) is 25.0 Å². The molecule has 2 aromatic carbocycles. The summed E-state index contributed by atoms with van der Waals surface area (Å²) in [5.41, 5.74) is 2.45. The van der Waals surface area contributed by atoms with Crippen molar-refractivity contribution in [2.24, 2.45) is 23.7 Å². The third-order valence-corrected chi connectivity index (χ3v) is 5.96. The third kappa shape index (κ3) is 3.98. The summed E-state index contributed by atoms with van der Waals surface area (Å²) < 4.78 is 5.97. The highest BCUT2D eigenvalue weighted by molar-refractivity contribution is 5.83. The zero-order valence-corrected chi connectivity index (χ0v) is 15.8. The van der Waals surface area contributed by atoms with Gasteiger partial charge in [-0.05, 0) is 29.4 Å². The van der Waals surface area contributed by atoms with Gasteiger partial charge in [0.1, 0.15) is 0 Å². The maximum atomic E-state index is 12.8. The molecule has 140 valence electrons. The first-order chi connectivity index (χ1) is 13.2. The number of ether oxygens (including phenoxy) is 1. The van der Waals surface area contributed by atoms with Crippen molar-refractivity contribution in [3.05, 3.63) is 83.9 Å². The van der Waals surface area contributed by atoms with Gasteiger partial charge in [-0.2, -0.15) is 0 Å². The molecule has 0 unspecified atom stereocenters. The number of allylic oxidation sites excluding steroid dienone is 1. The summed E-state index contributed by atoms with van der Waals surface area (Å²) in [6.45, 7) is 3.41. The predicted molar refractivity (Wildman–Crippen MR) is 107 cm³/mol. The quantitative estimate of drug-likeness (QED) is 0.790. The summed E-state index contributed by atoms with van der Waals surface area (Å²) in [5, 5.41) is 3.28. The number of carbonyl (C=O) groups excluding carboxylic acids is 1. The van der Waals surface area contributed by atoms with Crippen LogP contribution in [-0.2, 0) is 22.6 Å². The van der Waals surface area contributed by atoms with Gasteiger partial charge in [0.2, 0.25) is 5.91 Å². The van der Waals surface area contributed by atoms with Crippen molar-refractivity contribution in [3.63, 3.8) is 0 Å². The number of fused-ring (bicyclic) bond motifs is 1. The Labute approximate surface area is 161 Å². The summed E-state index contributed by atoms with van der Waals surface area (Å²) in [7, 11) is 0. The van der Waals surface area contributed by atoms with Gasteiger partial charge in [-0.1, -0.05) is 79.7 Å². The smallest absolute Gasteiger partial charge is 0.224 e. The number of hydrogen-bond donors (Lipinski definition) is 1. The summed E-state index contributed by atoms with van der Waals surface area (Å²) in [6, 6.07) is 20.8. The number of nitrogens with one attached hydrogen (secondary N) is 1. The van der Waals surface area contributed by atoms with E-state index in [4.69, 9.17) is 4.74 Å². The molecule has 0 saturated carbocycles. The monoisotopic (exact) mass is 361 g/mol. The molecular weight excluding hydrogens is 334 g/mol. The Morgan fingerprint density at radius 1 is 0.926 bits per heavy atom. The molecule has 5 atom stereocenters. The Kier molecular flexibility index (Phi) is 5.40. The zero-order chi connectivity index (χ0) is 18.6. The highest BCUT2D eigenvalue weighted by atomic mass is 16.5. The van der Waals surface area contributed by atoms with Gasteiger partial charge in [0, 0.05) is 12.0 Å². The van der Waals surface area contributed by atoms with Gasteiger partial charge >= 0.3 is 0 Å². The topological polar surface area (TPSA) is 38.3 Å². The molecule has 0 spiro atoms. The van der Waals surface area contributed by atoms with Crippen molar-refractivity contribution in [2.75, 3.05) is 6.61 Å². The second-order valence-electron chi connectivity index (χ2n) is 7.82. The average molecular weight is 361 g/mol. The molecule has 3 nitrogen and oxygen atoms in total. The van der Waals surface area contributed by atoms with E-state index < -0.39 is 0 Å². The summed E-state index contributed by atoms with van der Waals surface area (Å²) in [6.07, 6.45) is 5.36. The number of hydrogen-bond acceptors (Lipinski definition) is 2. The normalized spacial score (nSPS) is 29.4. The van der Waals surface area contributed by atoms with Crippen molar-refractivity contribution in [1.29, 1.82) is 0 Å². The van der Waals surface area contributed by atoms with E-state index >= 15 is 0 Å². The fourth-order valence-corrected chi connectivity index (χ4v) is 4.64. The van der Waals surface area contributed by atoms with Crippen LogP contribution < -0.4 is 5.32 Å². The Morgan fingerprint density at radius 2 is 1.59 bits per heavy atom. The maximum absolute atomic E-state index is 12.8. The van der Waals surface area contributed by atoms with E-state index in [2.05, 4.69) is 60.8 Å². The average Bonchev–Trinajstić information content (AvgIpc) is 3.02. The molecule has 27 heavy (non-hydrogen) atoms. The van der Waals surface area contributed by atoms with Crippen LogP contribution in [0.2, 0.25) is 0 Å². The predicted octanol–water partition coefficient (Wildman–Crippen LogP) is 4.00. The van der Waals surface area contributed by atoms with Crippen LogP contribution in [0.3, 0.4) is 0 Å². The van der Waals surface area contributed by atoms with Crippen LogP contribution >= 0.6 is 0 Å². The molecule has 1 aliphatic carbocycles. The SMILES string of the molecule is C[C@@H]1C=C[C@H](COCc2ccccc2)[C@@H]2C(=O)N[C@@H](Cc3ccccc3)[C@@H]21. The fourth-order valence-electron chi connectivity index (χ4n) is 4.64. The maximum Gasteiger partial charge on any atom is 0.224 e. The van der Waals surface area contributed by atoms with Crippen molar-refractivity contribution >= 4 is 5.91 Å². The van der Waals surface area contributed by atoms with Gasteiger partial charge in [-0.3, -0.25) is 4.79 Å². The Balaban J connectivity index is 1.43. The molecule has 0 aromatic heterocycles. The lowest BCUT2D eigenvalue weighted by molar-refractivity contribution is -0.125. The molecule has 2 aromatic rings. The summed E-state index contributed by atoms with van der Waals surface area (Å²) >= 11 is 0. The lowest BCUT2D eigenvalue weighted by Gasteiger charge is -2.34. The molecule has 2 aliphatic rings. The van der Waals surface area contributed by atoms with Gasteiger partial charge in [0.05, 0.1) is 19.1 Å². The van der Waals surface area contributed by atoms with Crippen molar-refractivity contribution in [2.45, 2.75) is 26.0 Å². The number of rotatable bonds is 6. The van der Waals surface area contributed by atoms with E-state index in [1.54, 1.807) is 0 Å². The van der Waals surface area contributed by atoms with Crippen LogP contribution in [0.1, 0.15) is 18.1 Å². The standard InChI is InChI=1S/C24H27NO2/c1-17-12-13-20(16-27-15-19-10-6-3-7-11-19)23-22(17)21(25-24(23)26)14-18-8-4-2-5-9-18/h2-13,17,20-23H,14-16H2,1H3,(H,25,26)/t17-,20-,21+,22+,23+/m1/s1. The Morgan fingerprint density at radius 3 is 2.30 bits per heavy atom. The summed E-state index contributed by atoms with van der Waals surface area (Å²) in [4.78, 5) is 12.8. The van der Waals surface area contributed by atoms with Gasteiger partial charge in [-0.25, -0.2) is 0 Å². The van der Waals surface area contributed by atoms with Crippen molar-refractivity contribution < 1.29 is 9.53 Å². The molecule has 1 N–H and O–H groups in total. The Hall–Kier alpha value is -2.39. The van der Waals surface area contributed by atoms with Crippen molar-refractivity contribution in [3.8, 4) is 0 Å². The van der Waals surface area contributed by atoms with Crippen LogP contribution in [0.5, 0.6) is 0 Å². The molecule has 1 aliphatic heterocycles. The highest BCUT2D eigenvalue weighted by Gasteiger charge is 2.48. The minimum Gasteiger partial charge on any atom is -0.376 e. The van der Waals surface area contributed by atoms with Gasteiger partial charge in [0.15, 0.2) is 0 Å². The van der Waals surface area contributed by atoms with E-state index in [9.17, 15) is 4.79 Å². The van der Waals surface area contributed by atoms with Gasteiger partial charge in [0.25, 0.3) is 0 Å². The van der Waals surface area contributed by atoms with Crippen LogP contribution in [-0.4, -0.2) is 18.6 Å². The molecule has 1 fully saturated rings. The first-order valence-corrected chi connectivity index (χ1v) is 9.86. The van der Waals surface area contributed by atoms with Gasteiger partial charge in [-0.15, -0.1) is 0 Å². The van der Waals surface area contributed by atoms with Crippen LogP contribution in [0, 0.1) is 23.7 Å². The molecular formula is C24H27NO2. The van der Waals surface area contributed by atoms with Crippen LogP contribution in [0.4, 0.5) is 0 Å². The molecule has 1 amide bonds. The lowest BCUT2D eigenvalue weighted by atomic mass is 9.69. The highest BCUT2D eigenvalue weighted by Crippen LogP contribution is 2.41. The first kappa shape index (κ1) is 18.0. The summed E-state index contributed by atoms with van der Waals surface area (Å²) in [5.74, 6) is 1.07. The van der Waals surface area contributed by atoms with Gasteiger partial charge < -0.3 is 10.1 Å². The first-order valence-electron chi connectivity index (χ1n) is 9.86. The van der Waals surface area contributed by atoms with E-state index in [1.165, 1.54) is 11.1 Å². The zero-order valence-electron chi connectivity index (χ0n) is 15.8. The second-order valence-corrected chi connectivity index (χ2v) is 7.82. The largest absolute Gasteiger partial charge is 0.376 e. The van der Waals surface area contributed by atoms with E-state index in [-0.39, 0.29) is 23.8 Å². The Bertz CT molecular complexity index is 787. The van der Waals surface area contributed by atoms with Crippen molar-refractivity contribution in [1.82, 2.24) is 5.32 Å². The van der Waals surface area contributed by atoms with E-state index in [0.717, 1.165) is 6.42 Å². The molecule has 1 heterocycles. The van der Waals surface area contributed by atoms with Crippen LogP contribution in [0.25, 0.3) is 0 Å². The molecule has 3 heteroatoms. The molecule has 4 rings (SSSR count). The molecule has 0 bridgehead atoms. The minimum absolute atomic E-state index is 0.00878. The number of carbonyl (C=O) groups is 1. The number of benzene rings is 2.